The molecule has 0 aliphatic carbocycles. The lowest BCUT2D eigenvalue weighted by molar-refractivity contribution is -0.162. The molecule has 7 heteroatoms. The second-order valence-corrected chi connectivity index (χ2v) is 9.74. The molecule has 1 fully saturated rings. The molecule has 7 nitrogen and oxygen atoms in total. The molecule has 1 aromatic carbocycles. The molecule has 30 heavy (non-hydrogen) atoms. The number of carbonyl (C=O) groups excluding carboxylic acids is 3. The fraction of sp³-hybridized carbons (Fsp3) is 0.609. The standard InChI is InChI=1S/C23H34N2O5/c1-22(2,3)24-19(26)18-14-17(20(27)30-23(4,5)6)12-13-25(18)21(28)29-15-16-10-8-7-9-11-16/h7-11,17-18H,12-15H2,1-6H3,(H,24,26)/t17?,18-/m1/s1. The molecule has 0 radical (unpaired) electrons. The van der Waals surface area contributed by atoms with Crippen LogP contribution >= 0.6 is 0 Å². The van der Waals surface area contributed by atoms with Gasteiger partial charge in [-0.05, 0) is 59.9 Å². The normalized spacial score (nSPS) is 19.7. The summed E-state index contributed by atoms with van der Waals surface area (Å²) in [5, 5.41) is 2.91. The molecular formula is C23H34N2O5. The molecular weight excluding hydrogens is 384 g/mol. The molecule has 1 aliphatic heterocycles. The Bertz CT molecular complexity index is 749. The van der Waals surface area contributed by atoms with Gasteiger partial charge in [-0.2, -0.15) is 0 Å². The maximum Gasteiger partial charge on any atom is 0.410 e. The van der Waals surface area contributed by atoms with Crippen molar-refractivity contribution in [2.75, 3.05) is 6.54 Å². The van der Waals surface area contributed by atoms with Crippen molar-refractivity contribution in [3.05, 3.63) is 35.9 Å². The van der Waals surface area contributed by atoms with Crippen LogP contribution in [0.1, 0.15) is 59.9 Å². The Labute approximate surface area is 179 Å². The molecule has 1 saturated heterocycles. The first-order chi connectivity index (χ1) is 13.9. The molecule has 1 N–H and O–H groups in total. The number of piperidine rings is 1. The first-order valence-corrected chi connectivity index (χ1v) is 10.4. The van der Waals surface area contributed by atoms with Crippen LogP contribution in [0.4, 0.5) is 4.79 Å². The summed E-state index contributed by atoms with van der Waals surface area (Å²) in [6.45, 7) is 11.4. The van der Waals surface area contributed by atoms with Gasteiger partial charge in [0, 0.05) is 12.1 Å². The van der Waals surface area contributed by atoms with Crippen molar-refractivity contribution in [1.82, 2.24) is 10.2 Å². The Kier molecular flexibility index (Phi) is 7.50. The molecule has 1 aromatic rings. The van der Waals surface area contributed by atoms with Gasteiger partial charge < -0.3 is 14.8 Å². The molecule has 2 atom stereocenters. The third-order valence-corrected chi connectivity index (χ3v) is 4.58. The second-order valence-electron chi connectivity index (χ2n) is 9.74. The van der Waals surface area contributed by atoms with E-state index in [0.717, 1.165) is 5.56 Å². The Morgan fingerprint density at radius 1 is 1.07 bits per heavy atom. The van der Waals surface area contributed by atoms with Gasteiger partial charge in [0.15, 0.2) is 0 Å². The number of benzene rings is 1. The minimum absolute atomic E-state index is 0.124. The number of rotatable bonds is 4. The number of ether oxygens (including phenoxy) is 2. The Balaban J connectivity index is 2.11. The first-order valence-electron chi connectivity index (χ1n) is 10.4. The van der Waals surface area contributed by atoms with Gasteiger partial charge in [-0.3, -0.25) is 14.5 Å². The lowest BCUT2D eigenvalue weighted by Crippen LogP contribution is -2.57. The van der Waals surface area contributed by atoms with Crippen molar-refractivity contribution in [3.63, 3.8) is 0 Å². The van der Waals surface area contributed by atoms with Crippen LogP contribution in [0.3, 0.4) is 0 Å². The molecule has 1 unspecified atom stereocenters. The Morgan fingerprint density at radius 3 is 2.27 bits per heavy atom. The topological polar surface area (TPSA) is 84.9 Å². The van der Waals surface area contributed by atoms with E-state index in [1.54, 1.807) is 0 Å². The maximum absolute atomic E-state index is 12.9. The van der Waals surface area contributed by atoms with Gasteiger partial charge in [0.2, 0.25) is 5.91 Å². The highest BCUT2D eigenvalue weighted by atomic mass is 16.6. The summed E-state index contributed by atoms with van der Waals surface area (Å²) in [4.78, 5) is 39.7. The molecule has 166 valence electrons. The fourth-order valence-corrected chi connectivity index (χ4v) is 3.29. The monoisotopic (exact) mass is 418 g/mol. The lowest BCUT2D eigenvalue weighted by Gasteiger charge is -2.38. The van der Waals surface area contributed by atoms with Crippen molar-refractivity contribution in [2.24, 2.45) is 5.92 Å². The van der Waals surface area contributed by atoms with E-state index in [-0.39, 0.29) is 31.4 Å². The van der Waals surface area contributed by atoms with Gasteiger partial charge in [0.05, 0.1) is 5.92 Å². The molecule has 1 aliphatic rings. The molecule has 2 rings (SSSR count). The van der Waals surface area contributed by atoms with E-state index < -0.39 is 29.2 Å². The molecule has 1 heterocycles. The highest BCUT2D eigenvalue weighted by molar-refractivity contribution is 5.87. The zero-order chi connectivity index (χ0) is 22.5. The highest BCUT2D eigenvalue weighted by Gasteiger charge is 2.41. The predicted octanol–water partition coefficient (Wildman–Crippen LogP) is 3.66. The number of carbonyl (C=O) groups is 3. The average molecular weight is 419 g/mol. The number of nitrogens with zero attached hydrogens (tertiary/aromatic N) is 1. The summed E-state index contributed by atoms with van der Waals surface area (Å²) >= 11 is 0. The van der Waals surface area contributed by atoms with E-state index in [2.05, 4.69) is 5.32 Å². The summed E-state index contributed by atoms with van der Waals surface area (Å²) in [5.74, 6) is -1.08. The smallest absolute Gasteiger partial charge is 0.410 e. The number of amides is 2. The van der Waals surface area contributed by atoms with Gasteiger partial charge in [0.25, 0.3) is 0 Å². The second kappa shape index (κ2) is 9.49. The van der Waals surface area contributed by atoms with Crippen molar-refractivity contribution in [3.8, 4) is 0 Å². The summed E-state index contributed by atoms with van der Waals surface area (Å²) < 4.78 is 10.9. The minimum atomic E-state index is -0.793. The van der Waals surface area contributed by atoms with Crippen LogP contribution in [0, 0.1) is 5.92 Å². The first kappa shape index (κ1) is 23.7. The summed E-state index contributed by atoms with van der Waals surface area (Å²) in [5.41, 5.74) is -0.202. The van der Waals surface area contributed by atoms with Crippen LogP contribution in [-0.2, 0) is 25.7 Å². The minimum Gasteiger partial charge on any atom is -0.460 e. The molecule has 0 saturated carbocycles. The zero-order valence-electron chi connectivity index (χ0n) is 18.9. The highest BCUT2D eigenvalue weighted by Crippen LogP contribution is 2.27. The van der Waals surface area contributed by atoms with Crippen LogP contribution < -0.4 is 5.32 Å². The maximum atomic E-state index is 12.9. The Hall–Kier alpha value is -2.57. The molecule has 0 spiro atoms. The zero-order valence-corrected chi connectivity index (χ0v) is 18.9. The van der Waals surface area contributed by atoms with Gasteiger partial charge in [0.1, 0.15) is 18.2 Å². The summed E-state index contributed by atoms with van der Waals surface area (Å²) in [6.07, 6.45) is 0.0712. The number of hydrogen-bond donors (Lipinski definition) is 1. The predicted molar refractivity (Wildman–Crippen MR) is 114 cm³/mol. The molecule has 2 amide bonds. The number of hydrogen-bond acceptors (Lipinski definition) is 5. The van der Waals surface area contributed by atoms with Crippen molar-refractivity contribution >= 4 is 18.0 Å². The van der Waals surface area contributed by atoms with E-state index in [9.17, 15) is 14.4 Å². The fourth-order valence-electron chi connectivity index (χ4n) is 3.29. The van der Waals surface area contributed by atoms with Crippen LogP contribution in [-0.4, -0.2) is 46.6 Å². The third kappa shape index (κ3) is 7.35. The molecule has 0 bridgehead atoms. The number of nitrogens with one attached hydrogen (secondary N) is 1. The molecule has 0 aromatic heterocycles. The van der Waals surface area contributed by atoms with Crippen LogP contribution in [0.25, 0.3) is 0 Å². The van der Waals surface area contributed by atoms with Gasteiger partial charge in [-0.25, -0.2) is 4.79 Å². The largest absolute Gasteiger partial charge is 0.460 e. The van der Waals surface area contributed by atoms with Crippen molar-refractivity contribution in [2.45, 2.75) is 78.2 Å². The van der Waals surface area contributed by atoms with Crippen molar-refractivity contribution < 1.29 is 23.9 Å². The van der Waals surface area contributed by atoms with E-state index in [1.807, 2.05) is 71.9 Å². The Morgan fingerprint density at radius 2 is 1.70 bits per heavy atom. The van der Waals surface area contributed by atoms with Crippen LogP contribution in [0.5, 0.6) is 0 Å². The van der Waals surface area contributed by atoms with Crippen molar-refractivity contribution in [1.29, 1.82) is 0 Å². The van der Waals surface area contributed by atoms with E-state index in [4.69, 9.17) is 9.47 Å². The van der Waals surface area contributed by atoms with Crippen LogP contribution in [0.2, 0.25) is 0 Å². The third-order valence-electron chi connectivity index (χ3n) is 4.58. The SMILES string of the molecule is CC(C)(C)NC(=O)[C@H]1CC(C(=O)OC(C)(C)C)CCN1C(=O)OCc1ccccc1. The summed E-state index contributed by atoms with van der Waals surface area (Å²) in [7, 11) is 0. The van der Waals surface area contributed by atoms with Gasteiger partial charge in [-0.1, -0.05) is 30.3 Å². The van der Waals surface area contributed by atoms with Gasteiger partial charge >= 0.3 is 12.1 Å². The number of likely N-dealkylation sites (tertiary alicyclic amines) is 1. The lowest BCUT2D eigenvalue weighted by atomic mass is 9.90. The van der Waals surface area contributed by atoms with E-state index in [0.29, 0.717) is 6.42 Å². The quantitative estimate of drug-likeness (QED) is 0.755. The number of esters is 1. The van der Waals surface area contributed by atoms with Crippen LogP contribution in [0.15, 0.2) is 30.3 Å². The van der Waals surface area contributed by atoms with E-state index >= 15 is 0 Å². The average Bonchev–Trinajstić information content (AvgIpc) is 2.63. The van der Waals surface area contributed by atoms with E-state index in [1.165, 1.54) is 4.90 Å². The van der Waals surface area contributed by atoms with Gasteiger partial charge in [-0.15, -0.1) is 0 Å². The summed E-state index contributed by atoms with van der Waals surface area (Å²) in [6, 6.07) is 8.57.